The second kappa shape index (κ2) is 8.77. The molecule has 31 heavy (non-hydrogen) atoms. The standard InChI is InChI=1S/C22H20ClN3O5/c1-30-19(27)11-16(14-4-2-3-5-15(14)23)25-21(29)20(28)24-13-8-9-18-17(10-13)26-22(31-18)12-6-7-12/h2-5,8-10,12,16H,6-7,11H2,1H3,(H,24,28)(H,25,29)/t16-/m0/s1. The van der Waals surface area contributed by atoms with Crippen LogP contribution in [0.25, 0.3) is 11.1 Å². The summed E-state index contributed by atoms with van der Waals surface area (Å²) in [6.07, 6.45) is 1.96. The van der Waals surface area contributed by atoms with Gasteiger partial charge in [0.25, 0.3) is 0 Å². The molecule has 160 valence electrons. The number of benzene rings is 2. The normalized spacial score (nSPS) is 14.1. The van der Waals surface area contributed by atoms with Crippen molar-refractivity contribution in [3.8, 4) is 0 Å². The van der Waals surface area contributed by atoms with Crippen molar-refractivity contribution in [2.45, 2.75) is 31.2 Å². The van der Waals surface area contributed by atoms with E-state index in [1.165, 1.54) is 7.11 Å². The maximum absolute atomic E-state index is 12.5. The number of carbonyl (C=O) groups is 3. The van der Waals surface area contributed by atoms with Crippen molar-refractivity contribution in [3.63, 3.8) is 0 Å². The molecule has 1 aliphatic rings. The van der Waals surface area contributed by atoms with E-state index in [2.05, 4.69) is 15.6 Å². The molecular formula is C22H20ClN3O5. The summed E-state index contributed by atoms with van der Waals surface area (Å²) in [4.78, 5) is 41.2. The summed E-state index contributed by atoms with van der Waals surface area (Å²) in [5.74, 6) is -1.28. The molecule has 0 aliphatic heterocycles. The Labute approximate surface area is 182 Å². The molecule has 2 N–H and O–H groups in total. The van der Waals surface area contributed by atoms with Gasteiger partial charge in [0.15, 0.2) is 11.5 Å². The van der Waals surface area contributed by atoms with Gasteiger partial charge in [0.1, 0.15) is 5.52 Å². The Morgan fingerprint density at radius 2 is 1.97 bits per heavy atom. The number of esters is 1. The number of halogens is 1. The lowest BCUT2D eigenvalue weighted by Gasteiger charge is -2.19. The molecule has 1 atom stereocenters. The molecule has 1 fully saturated rings. The molecule has 0 radical (unpaired) electrons. The Hall–Kier alpha value is -3.39. The van der Waals surface area contributed by atoms with Crippen molar-refractivity contribution in [3.05, 3.63) is 58.9 Å². The summed E-state index contributed by atoms with van der Waals surface area (Å²) >= 11 is 6.20. The zero-order chi connectivity index (χ0) is 22.0. The average molecular weight is 442 g/mol. The van der Waals surface area contributed by atoms with Gasteiger partial charge in [-0.1, -0.05) is 29.8 Å². The van der Waals surface area contributed by atoms with Crippen molar-refractivity contribution in [1.29, 1.82) is 0 Å². The first-order chi connectivity index (χ1) is 14.9. The van der Waals surface area contributed by atoms with Crippen molar-refractivity contribution in [2.75, 3.05) is 12.4 Å². The molecule has 4 rings (SSSR count). The minimum absolute atomic E-state index is 0.173. The highest BCUT2D eigenvalue weighted by Gasteiger charge is 2.29. The number of carbonyl (C=O) groups excluding carboxylic acids is 3. The number of nitrogens with one attached hydrogen (secondary N) is 2. The van der Waals surface area contributed by atoms with Crippen LogP contribution in [0.2, 0.25) is 5.02 Å². The first-order valence-electron chi connectivity index (χ1n) is 9.78. The van der Waals surface area contributed by atoms with E-state index in [0.717, 1.165) is 12.8 Å². The van der Waals surface area contributed by atoms with Gasteiger partial charge in [0, 0.05) is 16.6 Å². The lowest BCUT2D eigenvalue weighted by molar-refractivity contribution is -0.142. The third-order valence-corrected chi connectivity index (χ3v) is 5.32. The summed E-state index contributed by atoms with van der Waals surface area (Å²) in [6, 6.07) is 10.9. The molecule has 9 heteroatoms. The molecule has 2 aromatic carbocycles. The first kappa shape index (κ1) is 20.9. The third-order valence-electron chi connectivity index (χ3n) is 4.98. The number of methoxy groups -OCH3 is 1. The van der Waals surface area contributed by atoms with Crippen LogP contribution in [-0.4, -0.2) is 29.9 Å². The number of amides is 2. The number of rotatable bonds is 6. The van der Waals surface area contributed by atoms with E-state index in [1.807, 2.05) is 0 Å². The Balaban J connectivity index is 1.46. The van der Waals surface area contributed by atoms with Crippen molar-refractivity contribution in [1.82, 2.24) is 10.3 Å². The van der Waals surface area contributed by atoms with Gasteiger partial charge < -0.3 is 19.8 Å². The zero-order valence-electron chi connectivity index (χ0n) is 16.7. The summed E-state index contributed by atoms with van der Waals surface area (Å²) in [5.41, 5.74) is 2.15. The number of oxazole rings is 1. The Kier molecular flexibility index (Phi) is 5.90. The van der Waals surface area contributed by atoms with Crippen molar-refractivity contribution < 1.29 is 23.5 Å². The largest absolute Gasteiger partial charge is 0.469 e. The van der Waals surface area contributed by atoms with Gasteiger partial charge in [0.2, 0.25) is 0 Å². The summed E-state index contributed by atoms with van der Waals surface area (Å²) in [6.45, 7) is 0. The van der Waals surface area contributed by atoms with Crippen LogP contribution in [0.1, 0.15) is 42.7 Å². The summed E-state index contributed by atoms with van der Waals surface area (Å²) < 4.78 is 10.4. The van der Waals surface area contributed by atoms with E-state index in [-0.39, 0.29) is 6.42 Å². The number of nitrogens with zero attached hydrogens (tertiary/aromatic N) is 1. The fourth-order valence-corrected chi connectivity index (χ4v) is 3.45. The van der Waals surface area contributed by atoms with Gasteiger partial charge in [0.05, 0.1) is 19.6 Å². The summed E-state index contributed by atoms with van der Waals surface area (Å²) in [5, 5.41) is 5.46. The van der Waals surface area contributed by atoms with E-state index in [0.29, 0.717) is 39.2 Å². The Morgan fingerprint density at radius 3 is 2.68 bits per heavy atom. The van der Waals surface area contributed by atoms with Gasteiger partial charge in [-0.05, 0) is 42.7 Å². The average Bonchev–Trinajstić information content (AvgIpc) is 3.52. The number of ether oxygens (including phenoxy) is 1. The van der Waals surface area contributed by atoms with Gasteiger partial charge >= 0.3 is 17.8 Å². The minimum Gasteiger partial charge on any atom is -0.469 e. The van der Waals surface area contributed by atoms with Crippen LogP contribution < -0.4 is 10.6 Å². The molecule has 1 aromatic heterocycles. The smallest absolute Gasteiger partial charge is 0.313 e. The highest BCUT2D eigenvalue weighted by atomic mass is 35.5. The minimum atomic E-state index is -0.909. The number of fused-ring (bicyclic) bond motifs is 1. The van der Waals surface area contributed by atoms with Crippen LogP contribution in [-0.2, 0) is 19.1 Å². The van der Waals surface area contributed by atoms with Gasteiger partial charge in [-0.2, -0.15) is 0 Å². The molecule has 2 amide bonds. The molecule has 0 spiro atoms. The monoisotopic (exact) mass is 441 g/mol. The van der Waals surface area contributed by atoms with E-state index in [1.54, 1.807) is 42.5 Å². The van der Waals surface area contributed by atoms with Crippen molar-refractivity contribution in [2.24, 2.45) is 0 Å². The zero-order valence-corrected chi connectivity index (χ0v) is 17.4. The van der Waals surface area contributed by atoms with Crippen LogP contribution in [0.3, 0.4) is 0 Å². The molecule has 1 heterocycles. The van der Waals surface area contributed by atoms with E-state index >= 15 is 0 Å². The molecule has 0 unspecified atom stereocenters. The topological polar surface area (TPSA) is 111 Å². The molecule has 8 nitrogen and oxygen atoms in total. The fourth-order valence-electron chi connectivity index (χ4n) is 3.19. The highest BCUT2D eigenvalue weighted by Crippen LogP contribution is 2.40. The molecule has 0 bridgehead atoms. The maximum Gasteiger partial charge on any atom is 0.313 e. The second-order valence-electron chi connectivity index (χ2n) is 7.29. The fraction of sp³-hybridized carbons (Fsp3) is 0.273. The van der Waals surface area contributed by atoms with E-state index < -0.39 is 23.8 Å². The molecule has 1 saturated carbocycles. The molecule has 1 aliphatic carbocycles. The SMILES string of the molecule is COC(=O)C[C@H](NC(=O)C(=O)Nc1ccc2oc(C3CC3)nc2c1)c1ccccc1Cl. The van der Waals surface area contributed by atoms with Crippen LogP contribution in [0.5, 0.6) is 0 Å². The first-order valence-corrected chi connectivity index (χ1v) is 10.2. The van der Waals surface area contributed by atoms with E-state index in [9.17, 15) is 14.4 Å². The summed E-state index contributed by atoms with van der Waals surface area (Å²) in [7, 11) is 1.25. The van der Waals surface area contributed by atoms with Crippen LogP contribution in [0.4, 0.5) is 5.69 Å². The van der Waals surface area contributed by atoms with Crippen LogP contribution >= 0.6 is 11.6 Å². The Morgan fingerprint density at radius 1 is 1.19 bits per heavy atom. The highest BCUT2D eigenvalue weighted by molar-refractivity contribution is 6.39. The number of hydrogen-bond acceptors (Lipinski definition) is 6. The number of anilines is 1. The second-order valence-corrected chi connectivity index (χ2v) is 7.70. The Bertz CT molecular complexity index is 1160. The van der Waals surface area contributed by atoms with Crippen molar-refractivity contribution >= 4 is 46.2 Å². The third kappa shape index (κ3) is 4.86. The number of aromatic nitrogens is 1. The van der Waals surface area contributed by atoms with Gasteiger partial charge in [-0.15, -0.1) is 0 Å². The molecular weight excluding hydrogens is 422 g/mol. The molecule has 3 aromatic rings. The predicted molar refractivity (Wildman–Crippen MR) is 114 cm³/mol. The van der Waals surface area contributed by atoms with Gasteiger partial charge in [-0.3, -0.25) is 14.4 Å². The number of hydrogen-bond donors (Lipinski definition) is 2. The van der Waals surface area contributed by atoms with Crippen LogP contribution in [0.15, 0.2) is 46.9 Å². The molecule has 0 saturated heterocycles. The van der Waals surface area contributed by atoms with E-state index in [4.69, 9.17) is 20.8 Å². The lowest BCUT2D eigenvalue weighted by atomic mass is 10.0. The van der Waals surface area contributed by atoms with Crippen LogP contribution in [0, 0.1) is 0 Å². The quantitative estimate of drug-likeness (QED) is 0.445. The maximum atomic E-state index is 12.5. The predicted octanol–water partition coefficient (Wildman–Crippen LogP) is 3.72. The lowest BCUT2D eigenvalue weighted by Crippen LogP contribution is -2.38. The van der Waals surface area contributed by atoms with Gasteiger partial charge in [-0.25, -0.2) is 4.98 Å².